The van der Waals surface area contributed by atoms with Crippen molar-refractivity contribution in [3.05, 3.63) is 41.4 Å². The molecule has 0 fully saturated rings. The Bertz CT molecular complexity index is 786. The lowest BCUT2D eigenvalue weighted by molar-refractivity contribution is 0.408. The third kappa shape index (κ3) is 2.35. The fourth-order valence-electron chi connectivity index (χ4n) is 2.54. The highest BCUT2D eigenvalue weighted by atomic mass is 16.5. The summed E-state index contributed by atoms with van der Waals surface area (Å²) < 4.78 is 13.1. The van der Waals surface area contributed by atoms with Gasteiger partial charge < -0.3 is 14.5 Å². The number of fused-ring (bicyclic) bond motifs is 1. The van der Waals surface area contributed by atoms with Gasteiger partial charge in [0.2, 0.25) is 0 Å². The minimum atomic E-state index is 0.616. The van der Waals surface area contributed by atoms with Crippen molar-refractivity contribution in [1.82, 2.24) is 9.78 Å². The molecule has 0 saturated heterocycles. The van der Waals surface area contributed by atoms with Crippen molar-refractivity contribution in [2.75, 3.05) is 12.4 Å². The predicted octanol–water partition coefficient (Wildman–Crippen LogP) is 3.40. The average molecular weight is 285 g/mol. The molecule has 21 heavy (non-hydrogen) atoms. The number of methoxy groups -OCH3 is 1. The van der Waals surface area contributed by atoms with E-state index in [2.05, 4.69) is 10.4 Å². The van der Waals surface area contributed by atoms with Gasteiger partial charge in [0.1, 0.15) is 5.76 Å². The molecule has 1 aromatic carbocycles. The third-order valence-corrected chi connectivity index (χ3v) is 3.73. The number of ether oxygens (including phenoxy) is 1. The van der Waals surface area contributed by atoms with E-state index in [4.69, 9.17) is 9.15 Å². The predicted molar refractivity (Wildman–Crippen MR) is 82.8 cm³/mol. The molecule has 5 nitrogen and oxygen atoms in total. The van der Waals surface area contributed by atoms with Crippen LogP contribution in [-0.4, -0.2) is 16.9 Å². The van der Waals surface area contributed by atoms with Gasteiger partial charge in [-0.15, -0.1) is 0 Å². The molecule has 0 unspecified atom stereocenters. The molecule has 0 spiro atoms. The first-order valence-electron chi connectivity index (χ1n) is 6.89. The maximum Gasteiger partial charge on any atom is 0.176 e. The van der Waals surface area contributed by atoms with Crippen LogP contribution in [0.25, 0.3) is 11.0 Å². The highest BCUT2D eigenvalue weighted by molar-refractivity contribution is 5.83. The molecule has 2 heterocycles. The summed E-state index contributed by atoms with van der Waals surface area (Å²) in [5.74, 6) is 1.63. The zero-order valence-corrected chi connectivity index (χ0v) is 12.7. The number of furan rings is 1. The van der Waals surface area contributed by atoms with Crippen molar-refractivity contribution in [2.45, 2.75) is 20.4 Å². The van der Waals surface area contributed by atoms with Gasteiger partial charge in [-0.25, -0.2) is 0 Å². The summed E-state index contributed by atoms with van der Waals surface area (Å²) in [6, 6.07) is 7.92. The van der Waals surface area contributed by atoms with Crippen LogP contribution in [0, 0.1) is 13.8 Å². The zero-order valence-electron chi connectivity index (χ0n) is 12.7. The molecule has 0 bridgehead atoms. The van der Waals surface area contributed by atoms with E-state index in [-0.39, 0.29) is 0 Å². The van der Waals surface area contributed by atoms with Gasteiger partial charge in [0.05, 0.1) is 30.7 Å². The summed E-state index contributed by atoms with van der Waals surface area (Å²) >= 11 is 0. The molecule has 2 aromatic heterocycles. The number of hydrogen-bond acceptors (Lipinski definition) is 4. The van der Waals surface area contributed by atoms with Crippen molar-refractivity contribution in [3.63, 3.8) is 0 Å². The Morgan fingerprint density at radius 2 is 2.14 bits per heavy atom. The number of rotatable bonds is 4. The number of aromatic nitrogens is 2. The first kappa shape index (κ1) is 13.5. The molecule has 0 aliphatic heterocycles. The molecular formula is C16H19N3O2. The molecule has 1 N–H and O–H groups in total. The van der Waals surface area contributed by atoms with Crippen molar-refractivity contribution in [3.8, 4) is 5.75 Å². The lowest BCUT2D eigenvalue weighted by Gasteiger charge is -2.04. The zero-order chi connectivity index (χ0) is 15.0. The number of nitrogens with one attached hydrogen (secondary N) is 1. The number of para-hydroxylation sites is 1. The van der Waals surface area contributed by atoms with Gasteiger partial charge in [-0.2, -0.15) is 5.10 Å². The van der Waals surface area contributed by atoms with E-state index in [1.165, 1.54) is 0 Å². The molecule has 0 atom stereocenters. The second-order valence-corrected chi connectivity index (χ2v) is 5.11. The van der Waals surface area contributed by atoms with Crippen LogP contribution in [0.1, 0.15) is 17.1 Å². The summed E-state index contributed by atoms with van der Waals surface area (Å²) in [6.45, 7) is 4.66. The normalized spacial score (nSPS) is 11.0. The van der Waals surface area contributed by atoms with Crippen molar-refractivity contribution < 1.29 is 9.15 Å². The minimum Gasteiger partial charge on any atom is -0.493 e. The van der Waals surface area contributed by atoms with Crippen LogP contribution in [0.15, 0.2) is 28.7 Å². The molecule has 3 aromatic rings. The smallest absolute Gasteiger partial charge is 0.176 e. The highest BCUT2D eigenvalue weighted by Crippen LogP contribution is 2.29. The number of benzene rings is 1. The SMILES string of the molecule is COc1cccc2cc(CNc3c(C)nn(C)c3C)oc12. The average Bonchev–Trinajstić information content (AvgIpc) is 2.98. The fourth-order valence-corrected chi connectivity index (χ4v) is 2.54. The molecule has 5 heteroatoms. The first-order chi connectivity index (χ1) is 10.1. The van der Waals surface area contributed by atoms with Gasteiger partial charge in [-0.3, -0.25) is 4.68 Å². The summed E-state index contributed by atoms with van der Waals surface area (Å²) in [4.78, 5) is 0. The molecule has 0 aliphatic carbocycles. The van der Waals surface area contributed by atoms with E-state index in [9.17, 15) is 0 Å². The molecule has 0 radical (unpaired) electrons. The topological polar surface area (TPSA) is 52.2 Å². The van der Waals surface area contributed by atoms with Gasteiger partial charge >= 0.3 is 0 Å². The molecule has 0 saturated carbocycles. The molecule has 0 amide bonds. The second kappa shape index (κ2) is 5.16. The van der Waals surface area contributed by atoms with E-state index in [0.29, 0.717) is 6.54 Å². The van der Waals surface area contributed by atoms with E-state index < -0.39 is 0 Å². The van der Waals surface area contributed by atoms with Crippen LogP contribution in [0.4, 0.5) is 5.69 Å². The molecule has 3 rings (SSSR count). The molecule has 0 aliphatic rings. The van der Waals surface area contributed by atoms with Crippen molar-refractivity contribution >= 4 is 16.7 Å². The Kier molecular flexibility index (Phi) is 3.33. The Morgan fingerprint density at radius 3 is 2.81 bits per heavy atom. The van der Waals surface area contributed by atoms with Gasteiger partial charge in [0.15, 0.2) is 11.3 Å². The summed E-state index contributed by atoms with van der Waals surface area (Å²) in [7, 11) is 3.59. The van der Waals surface area contributed by atoms with Crippen LogP contribution < -0.4 is 10.1 Å². The number of nitrogens with zero attached hydrogens (tertiary/aromatic N) is 2. The molecular weight excluding hydrogens is 266 g/mol. The lowest BCUT2D eigenvalue weighted by atomic mass is 10.2. The van der Waals surface area contributed by atoms with Gasteiger partial charge in [-0.05, 0) is 26.0 Å². The summed E-state index contributed by atoms with van der Waals surface area (Å²) in [5, 5.41) is 8.84. The quantitative estimate of drug-likeness (QED) is 0.798. The van der Waals surface area contributed by atoms with Crippen LogP contribution in [0.3, 0.4) is 0 Å². The highest BCUT2D eigenvalue weighted by Gasteiger charge is 2.11. The van der Waals surface area contributed by atoms with E-state index in [1.807, 2.05) is 49.8 Å². The third-order valence-electron chi connectivity index (χ3n) is 3.73. The van der Waals surface area contributed by atoms with Crippen LogP contribution in [0.5, 0.6) is 5.75 Å². The number of anilines is 1. The van der Waals surface area contributed by atoms with Gasteiger partial charge in [-0.1, -0.05) is 12.1 Å². The van der Waals surface area contributed by atoms with E-state index in [1.54, 1.807) is 7.11 Å². The Hall–Kier alpha value is -2.43. The van der Waals surface area contributed by atoms with Crippen molar-refractivity contribution in [1.29, 1.82) is 0 Å². The van der Waals surface area contributed by atoms with Crippen LogP contribution in [0.2, 0.25) is 0 Å². The van der Waals surface area contributed by atoms with Gasteiger partial charge in [0.25, 0.3) is 0 Å². The fraction of sp³-hybridized carbons (Fsp3) is 0.312. The summed E-state index contributed by atoms with van der Waals surface area (Å²) in [6.07, 6.45) is 0. The second-order valence-electron chi connectivity index (χ2n) is 5.11. The maximum absolute atomic E-state index is 5.88. The first-order valence-corrected chi connectivity index (χ1v) is 6.89. The lowest BCUT2D eigenvalue weighted by Crippen LogP contribution is -2.00. The van der Waals surface area contributed by atoms with Gasteiger partial charge in [0, 0.05) is 12.4 Å². The monoisotopic (exact) mass is 285 g/mol. The van der Waals surface area contributed by atoms with Crippen LogP contribution in [-0.2, 0) is 13.6 Å². The number of aryl methyl sites for hydroxylation is 2. The standard InChI is InChI=1S/C16H19N3O2/c1-10-15(11(2)19(3)18-10)17-9-13-8-12-6-5-7-14(20-4)16(12)21-13/h5-8,17H,9H2,1-4H3. The summed E-state index contributed by atoms with van der Waals surface area (Å²) in [5.41, 5.74) is 3.95. The largest absolute Gasteiger partial charge is 0.493 e. The number of hydrogen-bond donors (Lipinski definition) is 1. The Balaban J connectivity index is 1.85. The van der Waals surface area contributed by atoms with E-state index >= 15 is 0 Å². The Labute approximate surface area is 123 Å². The van der Waals surface area contributed by atoms with E-state index in [0.717, 1.165) is 39.6 Å². The Morgan fingerprint density at radius 1 is 1.33 bits per heavy atom. The van der Waals surface area contributed by atoms with Crippen molar-refractivity contribution in [2.24, 2.45) is 7.05 Å². The minimum absolute atomic E-state index is 0.616. The molecule has 110 valence electrons. The van der Waals surface area contributed by atoms with Crippen LogP contribution >= 0.6 is 0 Å². The maximum atomic E-state index is 5.88.